The topological polar surface area (TPSA) is 132 Å². The first-order chi connectivity index (χ1) is 16.6. The van der Waals surface area contributed by atoms with Crippen molar-refractivity contribution in [1.82, 2.24) is 19.6 Å². The number of nitrogens with one attached hydrogen (secondary N) is 2. The van der Waals surface area contributed by atoms with Gasteiger partial charge in [0, 0.05) is 17.3 Å². The smallest absolute Gasteiger partial charge is 0.366 e. The monoisotopic (exact) mass is 501 g/mol. The van der Waals surface area contributed by atoms with Gasteiger partial charge in [-0.05, 0) is 48.9 Å². The second-order valence-corrected chi connectivity index (χ2v) is 8.37. The number of hydrogen-bond donors (Lipinski definition) is 3. The Kier molecular flexibility index (Phi) is 6.26. The maximum absolute atomic E-state index is 13.4. The molecule has 0 saturated heterocycles. The number of amides is 2. The van der Waals surface area contributed by atoms with E-state index in [1.807, 2.05) is 6.92 Å². The first-order valence-electron chi connectivity index (χ1n) is 10.2. The Balaban J connectivity index is 1.65. The van der Waals surface area contributed by atoms with Crippen LogP contribution in [0.5, 0.6) is 0 Å². The Morgan fingerprint density at radius 3 is 2.37 bits per heavy atom. The minimum Gasteiger partial charge on any atom is -0.366 e. The molecule has 4 aromatic rings. The second-order valence-electron chi connectivity index (χ2n) is 7.31. The van der Waals surface area contributed by atoms with Gasteiger partial charge in [0.2, 0.25) is 10.7 Å². The second kappa shape index (κ2) is 9.18. The number of nitrogens with zero attached hydrogens (tertiary/aromatic N) is 4. The zero-order valence-corrected chi connectivity index (χ0v) is 18.9. The quantitative estimate of drug-likeness (QED) is 0.373. The number of aryl methyl sites for hydroxylation is 1. The van der Waals surface area contributed by atoms with E-state index >= 15 is 0 Å². The van der Waals surface area contributed by atoms with E-state index in [2.05, 4.69) is 15.5 Å². The molecule has 0 aliphatic carbocycles. The SMILES string of the molecule is CCc1nn(-c2ccc(NC(=O)c3cc(C(F)(F)F)nn3-c3cccc(C(N)=O)c3)cc2)c(=N)s1. The molecule has 13 heteroatoms. The number of halogens is 3. The van der Waals surface area contributed by atoms with E-state index in [1.165, 1.54) is 40.3 Å². The van der Waals surface area contributed by atoms with Crippen molar-refractivity contribution in [2.45, 2.75) is 19.5 Å². The van der Waals surface area contributed by atoms with Gasteiger partial charge in [0.05, 0.1) is 11.4 Å². The molecule has 0 saturated carbocycles. The number of rotatable bonds is 6. The Bertz CT molecular complexity index is 1470. The zero-order chi connectivity index (χ0) is 25.3. The molecule has 0 bridgehead atoms. The highest BCUT2D eigenvalue weighted by Crippen LogP contribution is 2.30. The average molecular weight is 501 g/mol. The van der Waals surface area contributed by atoms with Gasteiger partial charge in [-0.1, -0.05) is 24.3 Å². The molecule has 9 nitrogen and oxygen atoms in total. The molecule has 0 aliphatic heterocycles. The molecule has 0 atom stereocenters. The number of carbonyl (C=O) groups excluding carboxylic acids is 2. The van der Waals surface area contributed by atoms with Crippen LogP contribution < -0.4 is 15.9 Å². The van der Waals surface area contributed by atoms with Crippen LogP contribution in [0.15, 0.2) is 54.6 Å². The highest BCUT2D eigenvalue weighted by molar-refractivity contribution is 7.08. The summed E-state index contributed by atoms with van der Waals surface area (Å²) in [5.74, 6) is -1.62. The number of benzene rings is 2. The number of anilines is 1. The van der Waals surface area contributed by atoms with Crippen molar-refractivity contribution >= 4 is 28.8 Å². The predicted octanol–water partition coefficient (Wildman–Crippen LogP) is 3.53. The van der Waals surface area contributed by atoms with Crippen LogP contribution in [0.3, 0.4) is 0 Å². The van der Waals surface area contributed by atoms with Crippen molar-refractivity contribution in [2.24, 2.45) is 5.73 Å². The lowest BCUT2D eigenvalue weighted by molar-refractivity contribution is -0.141. The lowest BCUT2D eigenvalue weighted by Crippen LogP contribution is -2.18. The zero-order valence-electron chi connectivity index (χ0n) is 18.1. The van der Waals surface area contributed by atoms with Crippen LogP contribution in [0.4, 0.5) is 18.9 Å². The molecule has 0 fully saturated rings. The Hall–Kier alpha value is -4.26. The van der Waals surface area contributed by atoms with Crippen molar-refractivity contribution < 1.29 is 22.8 Å². The van der Waals surface area contributed by atoms with Crippen molar-refractivity contribution in [2.75, 3.05) is 5.32 Å². The first kappa shape index (κ1) is 23.9. The maximum atomic E-state index is 13.4. The Labute approximate surface area is 200 Å². The lowest BCUT2D eigenvalue weighted by Gasteiger charge is -2.10. The van der Waals surface area contributed by atoms with Crippen molar-refractivity contribution in [3.63, 3.8) is 0 Å². The number of primary amides is 1. The molecule has 0 unspecified atom stereocenters. The number of alkyl halides is 3. The fourth-order valence-corrected chi connectivity index (χ4v) is 3.92. The molecule has 0 aliphatic rings. The molecule has 2 amide bonds. The first-order valence-corrected chi connectivity index (χ1v) is 11.0. The average Bonchev–Trinajstić information content (AvgIpc) is 3.44. The van der Waals surface area contributed by atoms with E-state index in [4.69, 9.17) is 11.1 Å². The van der Waals surface area contributed by atoms with Crippen molar-refractivity contribution in [3.8, 4) is 11.4 Å². The van der Waals surface area contributed by atoms with Gasteiger partial charge in [0.1, 0.15) is 10.7 Å². The van der Waals surface area contributed by atoms with Gasteiger partial charge in [0.15, 0.2) is 5.69 Å². The van der Waals surface area contributed by atoms with Crippen LogP contribution >= 0.6 is 11.3 Å². The summed E-state index contributed by atoms with van der Waals surface area (Å²) in [6, 6.07) is 12.4. The highest BCUT2D eigenvalue weighted by atomic mass is 32.1. The summed E-state index contributed by atoms with van der Waals surface area (Å²) in [4.78, 5) is 24.7. The van der Waals surface area contributed by atoms with E-state index in [1.54, 1.807) is 24.3 Å². The summed E-state index contributed by atoms with van der Waals surface area (Å²) in [5, 5.41) is 19.2. The third-order valence-electron chi connectivity index (χ3n) is 4.90. The molecular weight excluding hydrogens is 483 g/mol. The fourth-order valence-electron chi connectivity index (χ4n) is 3.20. The Morgan fingerprint density at radius 2 is 1.77 bits per heavy atom. The molecule has 0 radical (unpaired) electrons. The van der Waals surface area contributed by atoms with Gasteiger partial charge in [-0.2, -0.15) is 23.4 Å². The molecule has 180 valence electrons. The van der Waals surface area contributed by atoms with Crippen LogP contribution in [-0.4, -0.2) is 31.4 Å². The van der Waals surface area contributed by atoms with E-state index < -0.39 is 29.4 Å². The van der Waals surface area contributed by atoms with Crippen LogP contribution in [0.1, 0.15) is 38.5 Å². The summed E-state index contributed by atoms with van der Waals surface area (Å²) in [7, 11) is 0. The molecule has 2 aromatic carbocycles. The molecule has 0 spiro atoms. The third kappa shape index (κ3) is 4.99. The lowest BCUT2D eigenvalue weighted by atomic mass is 10.2. The largest absolute Gasteiger partial charge is 0.435 e. The number of aromatic nitrogens is 4. The summed E-state index contributed by atoms with van der Waals surface area (Å²) in [5.41, 5.74) is 4.62. The standard InChI is InChI=1S/C22H18F3N7O2S/c1-2-18-30-32(21(27)35-18)14-8-6-13(7-9-14)28-20(34)16-11-17(22(23,24)25)29-31(16)15-5-3-4-12(10-15)19(26)33/h3-11,27H,2H2,1H3,(H2,26,33)(H,28,34). The molecule has 4 N–H and O–H groups in total. The third-order valence-corrected chi connectivity index (χ3v) is 5.87. The van der Waals surface area contributed by atoms with Crippen molar-refractivity contribution in [3.05, 3.63) is 81.4 Å². The van der Waals surface area contributed by atoms with Crippen LogP contribution in [0.2, 0.25) is 0 Å². The van der Waals surface area contributed by atoms with Crippen molar-refractivity contribution in [1.29, 1.82) is 5.41 Å². The predicted molar refractivity (Wildman–Crippen MR) is 122 cm³/mol. The molecular formula is C22H18F3N7O2S. The van der Waals surface area contributed by atoms with Gasteiger partial charge in [-0.3, -0.25) is 15.0 Å². The van der Waals surface area contributed by atoms with Gasteiger partial charge >= 0.3 is 6.18 Å². The number of hydrogen-bond acceptors (Lipinski definition) is 6. The van der Waals surface area contributed by atoms with E-state index in [0.717, 1.165) is 9.69 Å². The maximum Gasteiger partial charge on any atom is 0.435 e. The highest BCUT2D eigenvalue weighted by Gasteiger charge is 2.36. The summed E-state index contributed by atoms with van der Waals surface area (Å²) in [6.45, 7) is 1.93. The van der Waals surface area contributed by atoms with Crippen LogP contribution in [0, 0.1) is 5.41 Å². The fraction of sp³-hybridized carbons (Fsp3) is 0.136. The van der Waals surface area contributed by atoms with Crippen LogP contribution in [0.25, 0.3) is 11.4 Å². The van der Waals surface area contributed by atoms with Gasteiger partial charge < -0.3 is 11.1 Å². The van der Waals surface area contributed by atoms with Gasteiger partial charge in [-0.25, -0.2) is 9.36 Å². The molecule has 2 heterocycles. The normalized spacial score (nSPS) is 11.4. The Morgan fingerprint density at radius 1 is 1.06 bits per heavy atom. The summed E-state index contributed by atoms with van der Waals surface area (Å²) in [6.07, 6.45) is -4.10. The minimum absolute atomic E-state index is 0.0491. The summed E-state index contributed by atoms with van der Waals surface area (Å²) < 4.78 is 42.3. The number of carbonyl (C=O) groups is 2. The molecule has 35 heavy (non-hydrogen) atoms. The summed E-state index contributed by atoms with van der Waals surface area (Å²) >= 11 is 1.25. The number of nitrogens with two attached hydrogens (primary N) is 1. The van der Waals surface area contributed by atoms with E-state index in [9.17, 15) is 22.8 Å². The van der Waals surface area contributed by atoms with E-state index in [-0.39, 0.29) is 16.1 Å². The van der Waals surface area contributed by atoms with Crippen LogP contribution in [-0.2, 0) is 12.6 Å². The molecule has 2 aromatic heterocycles. The van der Waals surface area contributed by atoms with E-state index in [0.29, 0.717) is 23.9 Å². The van der Waals surface area contributed by atoms with Gasteiger partial charge in [0.25, 0.3) is 5.91 Å². The molecule has 4 rings (SSSR count). The van der Waals surface area contributed by atoms with Gasteiger partial charge in [-0.15, -0.1) is 0 Å². The minimum atomic E-state index is -4.79.